The Morgan fingerprint density at radius 3 is 2.92 bits per heavy atom. The molecular weight excluding hydrogens is 346 g/mol. The maximum absolute atomic E-state index is 13.0. The van der Waals surface area contributed by atoms with Gasteiger partial charge in [0.2, 0.25) is 11.8 Å². The van der Waals surface area contributed by atoms with Crippen LogP contribution in [-0.2, 0) is 16.0 Å². The summed E-state index contributed by atoms with van der Waals surface area (Å²) in [5.41, 5.74) is 2.50. The molecule has 1 N–H and O–H groups in total. The molecule has 1 aliphatic carbocycles. The van der Waals surface area contributed by atoms with Gasteiger partial charge in [0, 0.05) is 24.5 Å². The van der Waals surface area contributed by atoms with Gasteiger partial charge in [0.1, 0.15) is 0 Å². The van der Waals surface area contributed by atoms with Crippen molar-refractivity contribution in [1.82, 2.24) is 10.3 Å². The van der Waals surface area contributed by atoms with E-state index in [0.29, 0.717) is 11.7 Å². The molecule has 26 heavy (non-hydrogen) atoms. The summed E-state index contributed by atoms with van der Waals surface area (Å²) in [6, 6.07) is 8.32. The van der Waals surface area contributed by atoms with Gasteiger partial charge in [-0.05, 0) is 29.4 Å². The average Bonchev–Trinajstić information content (AvgIpc) is 3.26. The van der Waals surface area contributed by atoms with Crippen LogP contribution in [0.4, 0.5) is 5.13 Å². The molecule has 136 valence electrons. The number of fused-ring (bicyclic) bond motifs is 1. The second-order valence-corrected chi connectivity index (χ2v) is 8.72. The van der Waals surface area contributed by atoms with Gasteiger partial charge >= 0.3 is 0 Å². The standard InChI is InChI=1S/C20H23N3O2S/c1-20(2)8-7-13-5-3-4-6-15(13)17(20)22-18(25)14-11-16(24)23(12-14)19-21-9-10-26-19/h3-6,9-10,14,17H,7-8,11-12H2,1-2H3,(H,22,25)/t14-,17+/m1/s1. The summed E-state index contributed by atoms with van der Waals surface area (Å²) in [5, 5.41) is 5.78. The van der Waals surface area contributed by atoms with Crippen molar-refractivity contribution in [2.45, 2.75) is 39.2 Å². The number of thiazole rings is 1. The van der Waals surface area contributed by atoms with Crippen molar-refractivity contribution in [1.29, 1.82) is 0 Å². The maximum Gasteiger partial charge on any atom is 0.229 e. The summed E-state index contributed by atoms with van der Waals surface area (Å²) < 4.78 is 0. The van der Waals surface area contributed by atoms with Crippen LogP contribution in [0.3, 0.4) is 0 Å². The highest BCUT2D eigenvalue weighted by Crippen LogP contribution is 2.43. The minimum atomic E-state index is -0.323. The third-order valence-corrected chi connectivity index (χ3v) is 6.41. The fourth-order valence-electron chi connectivity index (χ4n) is 4.02. The molecule has 0 spiro atoms. The highest BCUT2D eigenvalue weighted by atomic mass is 32.1. The summed E-state index contributed by atoms with van der Waals surface area (Å²) in [6.45, 7) is 4.82. The van der Waals surface area contributed by atoms with Crippen LogP contribution in [0, 0.1) is 11.3 Å². The number of aromatic nitrogens is 1. The molecule has 0 bridgehead atoms. The largest absolute Gasteiger partial charge is 0.348 e. The van der Waals surface area contributed by atoms with E-state index in [1.54, 1.807) is 11.1 Å². The lowest BCUT2D eigenvalue weighted by Gasteiger charge is -2.41. The number of rotatable bonds is 3. The number of carbonyl (C=O) groups excluding carboxylic acids is 2. The van der Waals surface area contributed by atoms with Crippen LogP contribution in [-0.4, -0.2) is 23.3 Å². The summed E-state index contributed by atoms with van der Waals surface area (Å²) in [7, 11) is 0. The molecule has 2 aliphatic rings. The molecule has 5 nitrogen and oxygen atoms in total. The Labute approximate surface area is 157 Å². The fourth-order valence-corrected chi connectivity index (χ4v) is 4.68. The SMILES string of the molecule is CC1(C)CCc2ccccc2[C@@H]1NC(=O)[C@@H]1CC(=O)N(c2nccs2)C1. The van der Waals surface area contributed by atoms with Gasteiger partial charge in [0.15, 0.2) is 5.13 Å². The van der Waals surface area contributed by atoms with Crippen LogP contribution in [0.15, 0.2) is 35.8 Å². The highest BCUT2D eigenvalue weighted by molar-refractivity contribution is 7.13. The molecule has 1 aromatic carbocycles. The first-order chi connectivity index (χ1) is 12.5. The number of hydrogen-bond acceptors (Lipinski definition) is 4. The normalized spacial score (nSPS) is 24.4. The third kappa shape index (κ3) is 3.03. The monoisotopic (exact) mass is 369 g/mol. The van der Waals surface area contributed by atoms with E-state index in [1.807, 2.05) is 11.4 Å². The molecule has 1 saturated heterocycles. The summed E-state index contributed by atoms with van der Waals surface area (Å²) in [5.74, 6) is -0.383. The van der Waals surface area contributed by atoms with Crippen LogP contribution in [0.1, 0.15) is 43.9 Å². The van der Waals surface area contributed by atoms with Crippen molar-refractivity contribution in [2.24, 2.45) is 11.3 Å². The minimum Gasteiger partial charge on any atom is -0.348 e. The van der Waals surface area contributed by atoms with Crippen LogP contribution in [0.25, 0.3) is 0 Å². The summed E-state index contributed by atoms with van der Waals surface area (Å²) >= 11 is 1.43. The number of carbonyl (C=O) groups is 2. The first-order valence-electron chi connectivity index (χ1n) is 9.04. The molecule has 6 heteroatoms. The predicted octanol–water partition coefficient (Wildman–Crippen LogP) is 3.33. The molecule has 0 radical (unpaired) electrons. The number of nitrogens with one attached hydrogen (secondary N) is 1. The van der Waals surface area contributed by atoms with Crippen LogP contribution in [0.2, 0.25) is 0 Å². The van der Waals surface area contributed by atoms with Gasteiger partial charge < -0.3 is 5.32 Å². The number of amides is 2. The second-order valence-electron chi connectivity index (χ2n) is 7.85. The van der Waals surface area contributed by atoms with E-state index >= 15 is 0 Å². The van der Waals surface area contributed by atoms with E-state index in [0.717, 1.165) is 12.8 Å². The summed E-state index contributed by atoms with van der Waals surface area (Å²) in [6.07, 6.45) is 4.00. The molecule has 2 atom stereocenters. The third-order valence-electron chi connectivity index (χ3n) is 5.62. The topological polar surface area (TPSA) is 62.3 Å². The van der Waals surface area contributed by atoms with Gasteiger partial charge in [0.05, 0.1) is 12.0 Å². The van der Waals surface area contributed by atoms with Crippen LogP contribution < -0.4 is 10.2 Å². The van der Waals surface area contributed by atoms with Gasteiger partial charge in [-0.25, -0.2) is 4.98 Å². The first-order valence-corrected chi connectivity index (χ1v) is 9.92. The van der Waals surface area contributed by atoms with E-state index in [4.69, 9.17) is 0 Å². The Morgan fingerprint density at radius 1 is 1.35 bits per heavy atom. The lowest BCUT2D eigenvalue weighted by Crippen LogP contribution is -2.43. The molecule has 2 heterocycles. The van der Waals surface area contributed by atoms with Gasteiger partial charge in [-0.15, -0.1) is 11.3 Å². The minimum absolute atomic E-state index is 0.0123. The van der Waals surface area contributed by atoms with Gasteiger partial charge in [-0.2, -0.15) is 0 Å². The van der Waals surface area contributed by atoms with Gasteiger partial charge in [0.25, 0.3) is 0 Å². The molecule has 2 aromatic rings. The number of nitrogens with zero attached hydrogens (tertiary/aromatic N) is 2. The van der Waals surface area contributed by atoms with E-state index in [9.17, 15) is 9.59 Å². The van der Waals surface area contributed by atoms with Crippen molar-refractivity contribution in [2.75, 3.05) is 11.4 Å². The quantitative estimate of drug-likeness (QED) is 0.903. The number of benzene rings is 1. The Kier molecular flexibility index (Phi) is 4.31. The number of anilines is 1. The van der Waals surface area contributed by atoms with E-state index < -0.39 is 0 Å². The highest BCUT2D eigenvalue weighted by Gasteiger charge is 2.41. The second kappa shape index (κ2) is 6.50. The number of aryl methyl sites for hydroxylation is 1. The van der Waals surface area contributed by atoms with Crippen LogP contribution in [0.5, 0.6) is 0 Å². The van der Waals surface area contributed by atoms with Crippen molar-refractivity contribution >= 4 is 28.3 Å². The van der Waals surface area contributed by atoms with E-state index in [-0.39, 0.29) is 35.6 Å². The smallest absolute Gasteiger partial charge is 0.229 e. The molecule has 1 aliphatic heterocycles. The lowest BCUT2D eigenvalue weighted by molar-refractivity contribution is -0.127. The Bertz CT molecular complexity index is 831. The zero-order valence-electron chi connectivity index (χ0n) is 15.1. The van der Waals surface area contributed by atoms with Gasteiger partial charge in [-0.3, -0.25) is 14.5 Å². The van der Waals surface area contributed by atoms with Crippen molar-refractivity contribution < 1.29 is 9.59 Å². The fraction of sp³-hybridized carbons (Fsp3) is 0.450. The molecular formula is C20H23N3O2S. The zero-order valence-corrected chi connectivity index (χ0v) is 15.9. The zero-order chi connectivity index (χ0) is 18.3. The average molecular weight is 369 g/mol. The first kappa shape index (κ1) is 17.2. The van der Waals surface area contributed by atoms with Gasteiger partial charge in [-0.1, -0.05) is 38.1 Å². The molecule has 1 fully saturated rings. The predicted molar refractivity (Wildman–Crippen MR) is 102 cm³/mol. The lowest BCUT2D eigenvalue weighted by atomic mass is 9.70. The molecule has 0 saturated carbocycles. The van der Waals surface area contributed by atoms with Crippen LogP contribution >= 0.6 is 11.3 Å². The van der Waals surface area contributed by atoms with Crippen molar-refractivity contribution in [3.8, 4) is 0 Å². The Hall–Kier alpha value is -2.21. The van der Waals surface area contributed by atoms with E-state index in [1.165, 1.54) is 22.5 Å². The molecule has 4 rings (SSSR count). The molecule has 1 aromatic heterocycles. The maximum atomic E-state index is 13.0. The van der Waals surface area contributed by atoms with E-state index in [2.05, 4.69) is 42.3 Å². The molecule has 0 unspecified atom stereocenters. The van der Waals surface area contributed by atoms with Crippen molar-refractivity contribution in [3.05, 3.63) is 47.0 Å². The number of hydrogen-bond donors (Lipinski definition) is 1. The molecule has 2 amide bonds. The summed E-state index contributed by atoms with van der Waals surface area (Å²) in [4.78, 5) is 31.1. The Balaban J connectivity index is 1.52. The Morgan fingerprint density at radius 2 is 2.15 bits per heavy atom. The van der Waals surface area contributed by atoms with Crippen molar-refractivity contribution in [3.63, 3.8) is 0 Å².